The van der Waals surface area contributed by atoms with Crippen molar-refractivity contribution < 1.29 is 4.79 Å². The van der Waals surface area contributed by atoms with Gasteiger partial charge in [0.2, 0.25) is 5.91 Å². The van der Waals surface area contributed by atoms with Crippen molar-refractivity contribution in [2.24, 2.45) is 0 Å². The third-order valence-corrected chi connectivity index (χ3v) is 3.82. The number of nitrogens with one attached hydrogen (secondary N) is 2. The first kappa shape index (κ1) is 13.5. The van der Waals surface area contributed by atoms with Gasteiger partial charge in [0.15, 0.2) is 0 Å². The number of rotatable bonds is 2. The average molecular weight is 281 g/mol. The van der Waals surface area contributed by atoms with Crippen LogP contribution in [0.4, 0.5) is 22.7 Å². The molecule has 3 rings (SSSR count). The zero-order valence-electron chi connectivity index (χ0n) is 12.3. The predicted octanol–water partition coefficient (Wildman–Crippen LogP) is 3.51. The molecule has 2 aromatic rings. The fourth-order valence-corrected chi connectivity index (χ4v) is 2.65. The molecule has 0 saturated heterocycles. The molecule has 0 aliphatic carbocycles. The van der Waals surface area contributed by atoms with Crippen LogP contribution in [0.5, 0.6) is 0 Å². The molecule has 21 heavy (non-hydrogen) atoms. The lowest BCUT2D eigenvalue weighted by Crippen LogP contribution is -2.19. The lowest BCUT2D eigenvalue weighted by atomic mass is 10.0. The summed E-state index contributed by atoms with van der Waals surface area (Å²) in [5.41, 5.74) is 13.0. The minimum atomic E-state index is 0.0528. The smallest absolute Gasteiger partial charge is 0.224 e. The van der Waals surface area contributed by atoms with E-state index < -0.39 is 0 Å². The Kier molecular flexibility index (Phi) is 3.29. The maximum absolute atomic E-state index is 11.4. The summed E-state index contributed by atoms with van der Waals surface area (Å²) in [4.78, 5) is 11.4. The zero-order valence-corrected chi connectivity index (χ0v) is 12.3. The van der Waals surface area contributed by atoms with Crippen molar-refractivity contribution in [2.75, 3.05) is 16.4 Å². The fourth-order valence-electron chi connectivity index (χ4n) is 2.65. The Morgan fingerprint density at radius 3 is 2.67 bits per heavy atom. The normalized spacial score (nSPS) is 13.5. The zero-order chi connectivity index (χ0) is 15.0. The van der Waals surface area contributed by atoms with Crippen molar-refractivity contribution in [1.29, 1.82) is 0 Å². The summed E-state index contributed by atoms with van der Waals surface area (Å²) in [6.45, 7) is 4.15. The summed E-state index contributed by atoms with van der Waals surface area (Å²) < 4.78 is 0. The van der Waals surface area contributed by atoms with E-state index in [1.54, 1.807) is 0 Å². The summed E-state index contributed by atoms with van der Waals surface area (Å²) in [7, 11) is 0. The van der Waals surface area contributed by atoms with E-state index in [1.165, 1.54) is 11.1 Å². The Bertz CT molecular complexity index is 722. The maximum Gasteiger partial charge on any atom is 0.224 e. The molecule has 0 radical (unpaired) electrons. The number of aryl methyl sites for hydroxylation is 3. The second kappa shape index (κ2) is 5.13. The van der Waals surface area contributed by atoms with Gasteiger partial charge in [0.1, 0.15) is 0 Å². The second-order valence-corrected chi connectivity index (χ2v) is 5.59. The van der Waals surface area contributed by atoms with Crippen LogP contribution >= 0.6 is 0 Å². The molecule has 0 saturated carbocycles. The third kappa shape index (κ3) is 2.70. The van der Waals surface area contributed by atoms with Crippen LogP contribution in [0.1, 0.15) is 23.1 Å². The molecule has 2 aromatic carbocycles. The van der Waals surface area contributed by atoms with Gasteiger partial charge in [-0.15, -0.1) is 0 Å². The van der Waals surface area contributed by atoms with Crippen LogP contribution in [-0.2, 0) is 11.2 Å². The topological polar surface area (TPSA) is 67.2 Å². The molecule has 0 spiro atoms. The average Bonchev–Trinajstić information content (AvgIpc) is 2.42. The molecular formula is C17H19N3O. The van der Waals surface area contributed by atoms with Gasteiger partial charge >= 0.3 is 0 Å². The fraction of sp³-hybridized carbons (Fsp3) is 0.235. The lowest BCUT2D eigenvalue weighted by molar-refractivity contribution is -0.116. The first-order valence-electron chi connectivity index (χ1n) is 7.09. The van der Waals surface area contributed by atoms with E-state index in [9.17, 15) is 4.79 Å². The van der Waals surface area contributed by atoms with Crippen molar-refractivity contribution in [2.45, 2.75) is 26.7 Å². The largest absolute Gasteiger partial charge is 0.397 e. The van der Waals surface area contributed by atoms with Crippen LogP contribution in [0.3, 0.4) is 0 Å². The van der Waals surface area contributed by atoms with E-state index in [1.807, 2.05) is 12.1 Å². The summed E-state index contributed by atoms with van der Waals surface area (Å²) >= 11 is 0. The highest BCUT2D eigenvalue weighted by molar-refractivity contribution is 5.95. The number of hydrogen-bond donors (Lipinski definition) is 3. The SMILES string of the molecule is Cc1ccc(Nc2cc3c(cc2N)NC(=O)CC3)c(C)c1. The standard InChI is InChI=1S/C17H19N3O/c1-10-3-5-14(11(2)7-10)19-16-8-12-4-6-17(21)20-15(12)9-13(16)18/h3,5,7-9,19H,4,6,18H2,1-2H3,(H,20,21). The van der Waals surface area contributed by atoms with Crippen molar-refractivity contribution >= 4 is 28.7 Å². The molecule has 0 fully saturated rings. The first-order valence-corrected chi connectivity index (χ1v) is 7.09. The molecule has 1 aliphatic heterocycles. The van der Waals surface area contributed by atoms with E-state index in [2.05, 4.69) is 42.7 Å². The van der Waals surface area contributed by atoms with Crippen molar-refractivity contribution in [3.63, 3.8) is 0 Å². The number of amides is 1. The third-order valence-electron chi connectivity index (χ3n) is 3.82. The van der Waals surface area contributed by atoms with Crippen LogP contribution in [0.2, 0.25) is 0 Å². The molecule has 0 bridgehead atoms. The highest BCUT2D eigenvalue weighted by Gasteiger charge is 2.16. The van der Waals surface area contributed by atoms with Crippen molar-refractivity contribution in [3.05, 3.63) is 47.0 Å². The molecule has 1 amide bonds. The number of benzene rings is 2. The highest BCUT2D eigenvalue weighted by atomic mass is 16.1. The Labute approximate surface area is 124 Å². The van der Waals surface area contributed by atoms with Crippen LogP contribution in [0.15, 0.2) is 30.3 Å². The van der Waals surface area contributed by atoms with Gasteiger partial charge in [0.05, 0.1) is 11.4 Å². The van der Waals surface area contributed by atoms with Gasteiger partial charge in [-0.2, -0.15) is 0 Å². The molecule has 1 aliphatic rings. The van der Waals surface area contributed by atoms with Gasteiger partial charge in [0.25, 0.3) is 0 Å². The number of carbonyl (C=O) groups is 1. The number of anilines is 4. The highest BCUT2D eigenvalue weighted by Crippen LogP contribution is 2.33. The van der Waals surface area contributed by atoms with Crippen LogP contribution in [0.25, 0.3) is 0 Å². The minimum Gasteiger partial charge on any atom is -0.397 e. The van der Waals surface area contributed by atoms with Crippen LogP contribution in [0, 0.1) is 13.8 Å². The van der Waals surface area contributed by atoms with Crippen LogP contribution < -0.4 is 16.4 Å². The quantitative estimate of drug-likeness (QED) is 0.738. The molecule has 0 atom stereocenters. The Hall–Kier alpha value is -2.49. The molecule has 4 heteroatoms. The van der Waals surface area contributed by atoms with E-state index >= 15 is 0 Å². The molecule has 4 N–H and O–H groups in total. The number of nitrogens with two attached hydrogens (primary N) is 1. The molecular weight excluding hydrogens is 262 g/mol. The van der Waals surface area contributed by atoms with Gasteiger partial charge in [-0.25, -0.2) is 0 Å². The maximum atomic E-state index is 11.4. The summed E-state index contributed by atoms with van der Waals surface area (Å²) in [5.74, 6) is 0.0528. The van der Waals surface area contributed by atoms with Gasteiger partial charge in [-0.1, -0.05) is 17.7 Å². The lowest BCUT2D eigenvalue weighted by Gasteiger charge is -2.20. The summed E-state index contributed by atoms with van der Waals surface area (Å²) in [6.07, 6.45) is 1.28. The number of fused-ring (bicyclic) bond motifs is 1. The van der Waals surface area contributed by atoms with Gasteiger partial charge in [-0.05, 0) is 49.6 Å². The number of hydrogen-bond acceptors (Lipinski definition) is 3. The Morgan fingerprint density at radius 2 is 1.90 bits per heavy atom. The number of carbonyl (C=O) groups excluding carboxylic acids is 1. The monoisotopic (exact) mass is 281 g/mol. The van der Waals surface area contributed by atoms with Gasteiger partial charge in [0, 0.05) is 17.8 Å². The summed E-state index contributed by atoms with van der Waals surface area (Å²) in [5, 5.41) is 6.26. The molecule has 1 heterocycles. The molecule has 0 aromatic heterocycles. The van der Waals surface area contributed by atoms with E-state index in [-0.39, 0.29) is 5.91 Å². The van der Waals surface area contributed by atoms with Gasteiger partial charge < -0.3 is 16.4 Å². The molecule has 108 valence electrons. The van der Waals surface area contributed by atoms with Crippen molar-refractivity contribution in [1.82, 2.24) is 0 Å². The summed E-state index contributed by atoms with van der Waals surface area (Å²) in [6, 6.07) is 10.1. The van der Waals surface area contributed by atoms with E-state index in [0.717, 1.165) is 29.0 Å². The molecule has 4 nitrogen and oxygen atoms in total. The second-order valence-electron chi connectivity index (χ2n) is 5.59. The van der Waals surface area contributed by atoms with Crippen LogP contribution in [-0.4, -0.2) is 5.91 Å². The Balaban J connectivity index is 1.94. The minimum absolute atomic E-state index is 0.0528. The van der Waals surface area contributed by atoms with E-state index in [4.69, 9.17) is 5.73 Å². The molecule has 0 unspecified atom stereocenters. The predicted molar refractivity (Wildman–Crippen MR) is 87.0 cm³/mol. The van der Waals surface area contributed by atoms with E-state index in [0.29, 0.717) is 12.1 Å². The first-order chi connectivity index (χ1) is 10.0. The number of nitrogen functional groups attached to an aromatic ring is 1. The Morgan fingerprint density at radius 1 is 1.10 bits per heavy atom. The van der Waals surface area contributed by atoms with Crippen molar-refractivity contribution in [3.8, 4) is 0 Å². The van der Waals surface area contributed by atoms with Gasteiger partial charge in [-0.3, -0.25) is 4.79 Å².